The summed E-state index contributed by atoms with van der Waals surface area (Å²) in [5, 5.41) is 16.7. The van der Waals surface area contributed by atoms with Crippen LogP contribution >= 0.6 is 11.6 Å². The van der Waals surface area contributed by atoms with Gasteiger partial charge >= 0.3 is 0 Å². The average Bonchev–Trinajstić information content (AvgIpc) is 2.93. The lowest BCUT2D eigenvalue weighted by Crippen LogP contribution is -2.26. The summed E-state index contributed by atoms with van der Waals surface area (Å²) in [6.07, 6.45) is 4.34. The summed E-state index contributed by atoms with van der Waals surface area (Å²) >= 11 is 5.94. The van der Waals surface area contributed by atoms with Crippen LogP contribution in [0.3, 0.4) is 0 Å². The topological polar surface area (TPSA) is 144 Å². The Hall–Kier alpha value is -4.24. The van der Waals surface area contributed by atoms with Crippen molar-refractivity contribution in [2.75, 3.05) is 18.8 Å². The lowest BCUT2D eigenvalue weighted by molar-refractivity contribution is -0.384. The first kappa shape index (κ1) is 28.3. The van der Waals surface area contributed by atoms with Crippen LogP contribution in [0.5, 0.6) is 0 Å². The van der Waals surface area contributed by atoms with Gasteiger partial charge in [0.2, 0.25) is 0 Å². The minimum Gasteiger partial charge on any atom is -0.398 e. The minimum absolute atomic E-state index is 0.0565. The molecule has 0 bridgehead atoms. The van der Waals surface area contributed by atoms with Gasteiger partial charge < -0.3 is 16.4 Å². The third-order valence-corrected chi connectivity index (χ3v) is 6.28. The van der Waals surface area contributed by atoms with E-state index in [2.05, 4.69) is 10.6 Å². The summed E-state index contributed by atoms with van der Waals surface area (Å²) in [5.74, 6) is -0.884. The predicted octanol–water partition coefficient (Wildman–Crippen LogP) is 5.17. The van der Waals surface area contributed by atoms with Gasteiger partial charge in [-0.1, -0.05) is 49.1 Å². The number of nitro benzene ring substituents is 1. The Balaban J connectivity index is 1.35. The molecule has 0 radical (unpaired) electrons. The number of nitro groups is 1. The van der Waals surface area contributed by atoms with Crippen LogP contribution in [0.25, 0.3) is 0 Å². The van der Waals surface area contributed by atoms with E-state index in [9.17, 15) is 24.5 Å². The van der Waals surface area contributed by atoms with E-state index in [-0.39, 0.29) is 23.3 Å². The van der Waals surface area contributed by atoms with Crippen molar-refractivity contribution < 1.29 is 19.3 Å². The number of anilines is 1. The number of nitrogens with zero attached hydrogens (tertiary/aromatic N) is 1. The molecule has 0 saturated carbocycles. The van der Waals surface area contributed by atoms with Crippen LogP contribution in [-0.4, -0.2) is 35.6 Å². The summed E-state index contributed by atoms with van der Waals surface area (Å²) in [6.45, 7) is 0.989. The maximum Gasteiger partial charge on any atom is 0.269 e. The molecule has 0 saturated heterocycles. The fourth-order valence-electron chi connectivity index (χ4n) is 3.84. The molecule has 2 amide bonds. The molecule has 10 heteroatoms. The van der Waals surface area contributed by atoms with E-state index in [1.807, 2.05) is 0 Å². The quantitative estimate of drug-likeness (QED) is 0.0903. The number of ketones is 1. The smallest absolute Gasteiger partial charge is 0.269 e. The van der Waals surface area contributed by atoms with Crippen molar-refractivity contribution in [2.45, 2.75) is 32.1 Å². The third kappa shape index (κ3) is 7.88. The number of amides is 2. The average molecular weight is 537 g/mol. The van der Waals surface area contributed by atoms with Gasteiger partial charge in [0.25, 0.3) is 17.5 Å². The highest BCUT2D eigenvalue weighted by molar-refractivity contribution is 6.33. The van der Waals surface area contributed by atoms with Gasteiger partial charge in [-0.05, 0) is 49.2 Å². The molecule has 0 aliphatic heterocycles. The highest BCUT2D eigenvalue weighted by Crippen LogP contribution is 2.22. The second-order valence-corrected chi connectivity index (χ2v) is 9.10. The first-order chi connectivity index (χ1) is 18.3. The van der Waals surface area contributed by atoms with Crippen molar-refractivity contribution in [1.82, 2.24) is 10.6 Å². The molecule has 3 aromatic carbocycles. The summed E-state index contributed by atoms with van der Waals surface area (Å²) < 4.78 is 0. The van der Waals surface area contributed by atoms with E-state index in [4.69, 9.17) is 17.3 Å². The van der Waals surface area contributed by atoms with Crippen molar-refractivity contribution in [3.05, 3.63) is 104 Å². The normalized spacial score (nSPS) is 10.6. The maximum atomic E-state index is 13.0. The Morgan fingerprint density at radius 3 is 1.92 bits per heavy atom. The van der Waals surface area contributed by atoms with Gasteiger partial charge in [0.05, 0.1) is 21.2 Å². The number of unbranched alkanes of at least 4 members (excludes halogenated alkanes) is 4. The first-order valence-corrected chi connectivity index (χ1v) is 12.7. The molecule has 0 fully saturated rings. The van der Waals surface area contributed by atoms with Crippen LogP contribution in [0.2, 0.25) is 5.02 Å². The van der Waals surface area contributed by atoms with Gasteiger partial charge in [-0.15, -0.1) is 0 Å². The fourth-order valence-corrected chi connectivity index (χ4v) is 3.95. The van der Waals surface area contributed by atoms with Crippen molar-refractivity contribution in [2.24, 2.45) is 0 Å². The Morgan fingerprint density at radius 2 is 1.32 bits per heavy atom. The molecule has 9 nitrogen and oxygen atoms in total. The zero-order valence-corrected chi connectivity index (χ0v) is 21.5. The number of carbonyl (C=O) groups is 3. The summed E-state index contributed by atoms with van der Waals surface area (Å²) in [7, 11) is 0. The molecule has 0 unspecified atom stereocenters. The van der Waals surface area contributed by atoms with E-state index in [0.717, 1.165) is 32.1 Å². The van der Waals surface area contributed by atoms with E-state index in [1.54, 1.807) is 36.4 Å². The number of non-ortho nitro benzene ring substituents is 1. The number of nitrogens with one attached hydrogen (secondary N) is 2. The molecule has 3 aromatic rings. The van der Waals surface area contributed by atoms with Crippen molar-refractivity contribution in [3.8, 4) is 0 Å². The van der Waals surface area contributed by atoms with Crippen LogP contribution in [0, 0.1) is 10.1 Å². The van der Waals surface area contributed by atoms with Gasteiger partial charge in [0.1, 0.15) is 0 Å². The number of hydrogen-bond donors (Lipinski definition) is 3. The van der Waals surface area contributed by atoms with Gasteiger partial charge in [0, 0.05) is 41.9 Å². The lowest BCUT2D eigenvalue weighted by Gasteiger charge is -2.10. The van der Waals surface area contributed by atoms with Crippen molar-refractivity contribution >= 4 is 40.6 Å². The Kier molecular flexibility index (Phi) is 10.4. The number of rotatable bonds is 13. The number of halogens is 1. The van der Waals surface area contributed by atoms with E-state index >= 15 is 0 Å². The molecule has 0 atom stereocenters. The fraction of sp³-hybridized carbons (Fsp3) is 0.250. The highest BCUT2D eigenvalue weighted by Gasteiger charge is 2.18. The molecule has 0 aliphatic carbocycles. The maximum absolute atomic E-state index is 13.0. The van der Waals surface area contributed by atoms with Crippen molar-refractivity contribution in [1.29, 1.82) is 0 Å². The first-order valence-electron chi connectivity index (χ1n) is 12.3. The molecular formula is C28H29ClN4O5. The molecule has 0 aliphatic rings. The SMILES string of the molecule is Nc1cc(C(=O)c2ccccc2C(=O)NCCCCCCCNC(=O)c2ccc([N+](=O)[O-])cc2)ccc1Cl. The summed E-state index contributed by atoms with van der Waals surface area (Å²) in [5.41, 5.74) is 7.39. The Bertz CT molecular complexity index is 1310. The number of nitrogens with two attached hydrogens (primary N) is 1. The lowest BCUT2D eigenvalue weighted by atomic mass is 9.97. The second kappa shape index (κ2) is 13.9. The molecule has 0 aromatic heterocycles. The molecule has 198 valence electrons. The number of nitrogen functional groups attached to an aromatic ring is 1. The largest absolute Gasteiger partial charge is 0.398 e. The monoisotopic (exact) mass is 536 g/mol. The van der Waals surface area contributed by atoms with Gasteiger partial charge in [-0.2, -0.15) is 0 Å². The van der Waals surface area contributed by atoms with Crippen molar-refractivity contribution in [3.63, 3.8) is 0 Å². The summed E-state index contributed by atoms with van der Waals surface area (Å²) in [6, 6.07) is 16.8. The van der Waals surface area contributed by atoms with Crippen LogP contribution in [0.15, 0.2) is 66.7 Å². The van der Waals surface area contributed by atoms with Gasteiger partial charge in [-0.3, -0.25) is 24.5 Å². The van der Waals surface area contributed by atoms with E-state index in [1.165, 1.54) is 30.3 Å². The second-order valence-electron chi connectivity index (χ2n) is 8.69. The molecule has 3 rings (SSSR count). The third-order valence-electron chi connectivity index (χ3n) is 5.94. The molecule has 38 heavy (non-hydrogen) atoms. The molecular weight excluding hydrogens is 508 g/mol. The van der Waals surface area contributed by atoms with Gasteiger partial charge in [0.15, 0.2) is 5.78 Å². The molecule has 4 N–H and O–H groups in total. The predicted molar refractivity (Wildman–Crippen MR) is 147 cm³/mol. The van der Waals surface area contributed by atoms with Crippen LogP contribution < -0.4 is 16.4 Å². The highest BCUT2D eigenvalue weighted by atomic mass is 35.5. The number of carbonyl (C=O) groups excluding carboxylic acids is 3. The number of hydrogen-bond acceptors (Lipinski definition) is 6. The summed E-state index contributed by atoms with van der Waals surface area (Å²) in [4.78, 5) is 48.0. The Labute approximate surface area is 225 Å². The molecule has 0 spiro atoms. The minimum atomic E-state index is -0.507. The van der Waals surface area contributed by atoms with Crippen LogP contribution in [0.1, 0.15) is 68.7 Å². The Morgan fingerprint density at radius 1 is 0.763 bits per heavy atom. The number of benzene rings is 3. The standard InChI is InChI=1S/C28H29ClN4O5/c29-24-15-12-20(18-25(24)30)26(34)22-8-4-5-9-23(22)28(36)32-17-7-3-1-2-6-16-31-27(35)19-10-13-21(14-11-19)33(37)38/h4-5,8-15,18H,1-3,6-7,16-17,30H2,(H,31,35)(H,32,36). The zero-order chi connectivity index (χ0) is 27.5. The zero-order valence-electron chi connectivity index (χ0n) is 20.7. The van der Waals surface area contributed by atoms with Gasteiger partial charge in [-0.25, -0.2) is 0 Å². The van der Waals surface area contributed by atoms with Crippen LogP contribution in [0.4, 0.5) is 11.4 Å². The molecule has 0 heterocycles. The van der Waals surface area contributed by atoms with E-state index in [0.29, 0.717) is 46.1 Å². The van der Waals surface area contributed by atoms with Crippen LogP contribution in [-0.2, 0) is 0 Å². The van der Waals surface area contributed by atoms with E-state index < -0.39 is 4.92 Å².